The molecular weight excluding hydrogens is 197 g/mol. The molecule has 0 aromatic carbocycles. The molecule has 0 aliphatic heterocycles. The van der Waals surface area contributed by atoms with Crippen molar-refractivity contribution < 1.29 is 32.7 Å². The van der Waals surface area contributed by atoms with Gasteiger partial charge in [-0.3, -0.25) is 0 Å². The summed E-state index contributed by atoms with van der Waals surface area (Å²) in [5.74, 6) is 1.71. The molecule has 0 nitrogen and oxygen atoms in total. The molecule has 0 heterocycles. The van der Waals surface area contributed by atoms with Gasteiger partial charge in [-0.15, -0.1) is 0 Å². The standard InChI is InChI=1S/C9H17.Y/c1-3-9-7-5-4-6-8(9)2;/h8-9H,2-7H2,1H3;/q-1;/t8-,9-;/m1./s1. The van der Waals surface area contributed by atoms with Crippen molar-refractivity contribution in [2.45, 2.75) is 39.0 Å². The van der Waals surface area contributed by atoms with E-state index in [1.165, 1.54) is 32.1 Å². The molecule has 1 aliphatic carbocycles. The van der Waals surface area contributed by atoms with E-state index < -0.39 is 0 Å². The summed E-state index contributed by atoms with van der Waals surface area (Å²) in [5, 5.41) is 0. The second-order valence-corrected chi connectivity index (χ2v) is 3.21. The molecule has 0 unspecified atom stereocenters. The molecule has 1 rings (SSSR count). The van der Waals surface area contributed by atoms with Gasteiger partial charge in [0, 0.05) is 32.7 Å². The molecule has 1 heteroatoms. The first kappa shape index (κ1) is 11.1. The molecule has 10 heavy (non-hydrogen) atoms. The van der Waals surface area contributed by atoms with Crippen LogP contribution in [0.1, 0.15) is 39.0 Å². The topological polar surface area (TPSA) is 0 Å². The van der Waals surface area contributed by atoms with E-state index in [9.17, 15) is 0 Å². The van der Waals surface area contributed by atoms with Crippen molar-refractivity contribution in [2.75, 3.05) is 0 Å². The van der Waals surface area contributed by atoms with Gasteiger partial charge in [0.15, 0.2) is 0 Å². The maximum Gasteiger partial charge on any atom is 0 e. The van der Waals surface area contributed by atoms with E-state index >= 15 is 0 Å². The Labute approximate surface area is 90.0 Å². The third kappa shape index (κ3) is 3.01. The molecule has 1 fully saturated rings. The van der Waals surface area contributed by atoms with Gasteiger partial charge >= 0.3 is 0 Å². The Bertz CT molecular complexity index is 80.8. The summed E-state index contributed by atoms with van der Waals surface area (Å²) in [6.45, 7) is 6.44. The maximum absolute atomic E-state index is 4.15. The van der Waals surface area contributed by atoms with Crippen LogP contribution in [0.2, 0.25) is 0 Å². The van der Waals surface area contributed by atoms with E-state index in [2.05, 4.69) is 13.8 Å². The fourth-order valence-electron chi connectivity index (χ4n) is 1.82. The molecule has 0 aromatic rings. The van der Waals surface area contributed by atoms with Crippen LogP contribution in [0, 0.1) is 18.8 Å². The van der Waals surface area contributed by atoms with E-state index in [0.717, 1.165) is 11.8 Å². The summed E-state index contributed by atoms with van der Waals surface area (Å²) in [6, 6.07) is 0. The number of rotatable bonds is 1. The Morgan fingerprint density at radius 1 is 1.30 bits per heavy atom. The Hall–Kier alpha value is 1.10. The maximum atomic E-state index is 4.15. The summed E-state index contributed by atoms with van der Waals surface area (Å²) >= 11 is 0. The van der Waals surface area contributed by atoms with Gasteiger partial charge in [0.25, 0.3) is 0 Å². The van der Waals surface area contributed by atoms with Gasteiger partial charge in [0.1, 0.15) is 0 Å². The monoisotopic (exact) mass is 214 g/mol. The fourth-order valence-corrected chi connectivity index (χ4v) is 1.82. The van der Waals surface area contributed by atoms with Crippen molar-refractivity contribution in [3.8, 4) is 0 Å². The van der Waals surface area contributed by atoms with Crippen LogP contribution in [0.5, 0.6) is 0 Å². The summed E-state index contributed by atoms with van der Waals surface area (Å²) in [7, 11) is 0. The zero-order valence-electron chi connectivity index (χ0n) is 6.97. The Morgan fingerprint density at radius 3 is 2.30 bits per heavy atom. The predicted octanol–water partition coefficient (Wildman–Crippen LogP) is 3.03. The molecule has 2 atom stereocenters. The fraction of sp³-hybridized carbons (Fsp3) is 0.889. The molecule has 1 aliphatic rings. The van der Waals surface area contributed by atoms with Crippen LogP contribution in [0.15, 0.2) is 0 Å². The second kappa shape index (κ2) is 5.72. The third-order valence-electron chi connectivity index (χ3n) is 2.59. The van der Waals surface area contributed by atoms with Gasteiger partial charge in [-0.1, -0.05) is 44.9 Å². The van der Waals surface area contributed by atoms with Crippen LogP contribution < -0.4 is 0 Å². The molecule has 0 aromatic heterocycles. The summed E-state index contributed by atoms with van der Waals surface area (Å²) in [4.78, 5) is 0. The summed E-state index contributed by atoms with van der Waals surface area (Å²) < 4.78 is 0. The Kier molecular flexibility index (Phi) is 6.35. The van der Waals surface area contributed by atoms with Crippen molar-refractivity contribution in [1.29, 1.82) is 0 Å². The molecule has 0 bridgehead atoms. The van der Waals surface area contributed by atoms with Crippen LogP contribution >= 0.6 is 0 Å². The molecule has 57 valence electrons. The first-order chi connectivity index (χ1) is 4.34. The van der Waals surface area contributed by atoms with Crippen molar-refractivity contribution in [3.63, 3.8) is 0 Å². The second-order valence-electron chi connectivity index (χ2n) is 3.21. The van der Waals surface area contributed by atoms with Crippen molar-refractivity contribution in [3.05, 3.63) is 6.92 Å². The van der Waals surface area contributed by atoms with Gasteiger partial charge < -0.3 is 6.92 Å². The van der Waals surface area contributed by atoms with Gasteiger partial charge in [-0.25, -0.2) is 0 Å². The first-order valence-electron chi connectivity index (χ1n) is 4.17. The number of hydrogen-bond donors (Lipinski definition) is 0. The van der Waals surface area contributed by atoms with E-state index in [-0.39, 0.29) is 32.7 Å². The van der Waals surface area contributed by atoms with Gasteiger partial charge in [-0.2, -0.15) is 5.92 Å². The van der Waals surface area contributed by atoms with Crippen LogP contribution in [0.3, 0.4) is 0 Å². The van der Waals surface area contributed by atoms with Crippen LogP contribution in [0.25, 0.3) is 0 Å². The average Bonchev–Trinajstić information content (AvgIpc) is 1.89. The molecular formula is C9H17Y-. The quantitative estimate of drug-likeness (QED) is 0.588. The molecule has 1 radical (unpaired) electrons. The largest absolute Gasteiger partial charge is 0.340 e. The minimum atomic E-state index is 0. The summed E-state index contributed by atoms with van der Waals surface area (Å²) in [6.07, 6.45) is 7.02. The zero-order chi connectivity index (χ0) is 6.69. The van der Waals surface area contributed by atoms with E-state index in [4.69, 9.17) is 0 Å². The average molecular weight is 214 g/mol. The van der Waals surface area contributed by atoms with E-state index in [0.29, 0.717) is 0 Å². The first-order valence-corrected chi connectivity index (χ1v) is 4.17. The van der Waals surface area contributed by atoms with Gasteiger partial charge in [0.2, 0.25) is 0 Å². The van der Waals surface area contributed by atoms with Crippen molar-refractivity contribution in [1.82, 2.24) is 0 Å². The zero-order valence-corrected chi connectivity index (χ0v) is 9.81. The Morgan fingerprint density at radius 2 is 1.90 bits per heavy atom. The van der Waals surface area contributed by atoms with Crippen LogP contribution in [0.4, 0.5) is 0 Å². The van der Waals surface area contributed by atoms with Crippen LogP contribution in [-0.2, 0) is 32.7 Å². The van der Waals surface area contributed by atoms with Gasteiger partial charge in [-0.05, 0) is 0 Å². The molecule has 0 N–H and O–H groups in total. The minimum Gasteiger partial charge on any atom is -0.340 e. The minimum absolute atomic E-state index is 0. The third-order valence-corrected chi connectivity index (χ3v) is 2.59. The number of hydrogen-bond acceptors (Lipinski definition) is 0. The van der Waals surface area contributed by atoms with E-state index in [1.807, 2.05) is 0 Å². The molecule has 0 amide bonds. The molecule has 0 saturated heterocycles. The molecule has 1 saturated carbocycles. The van der Waals surface area contributed by atoms with Crippen molar-refractivity contribution >= 4 is 0 Å². The molecule has 0 spiro atoms. The smallest absolute Gasteiger partial charge is 0 e. The predicted molar refractivity (Wildman–Crippen MR) is 41.1 cm³/mol. The summed E-state index contributed by atoms with van der Waals surface area (Å²) in [5.41, 5.74) is 0. The van der Waals surface area contributed by atoms with Gasteiger partial charge in [0.05, 0.1) is 0 Å². The SMILES string of the molecule is [CH2-][C@@H]1CCCC[C@H]1CC.[Y]. The van der Waals surface area contributed by atoms with E-state index in [1.54, 1.807) is 0 Å². The normalized spacial score (nSPS) is 33.0. The van der Waals surface area contributed by atoms with Crippen molar-refractivity contribution in [2.24, 2.45) is 11.8 Å². The van der Waals surface area contributed by atoms with Crippen LogP contribution in [-0.4, -0.2) is 0 Å². The Balaban J connectivity index is 0.000000810.